The molecule has 21 heavy (non-hydrogen) atoms. The Morgan fingerprint density at radius 1 is 1.33 bits per heavy atom. The molecule has 116 valence electrons. The van der Waals surface area contributed by atoms with Crippen LogP contribution in [-0.2, 0) is 19.1 Å². The Morgan fingerprint density at radius 3 is 2.48 bits per heavy atom. The van der Waals surface area contributed by atoms with Gasteiger partial charge < -0.3 is 4.74 Å². The van der Waals surface area contributed by atoms with Gasteiger partial charge in [-0.3, -0.25) is 24.6 Å². The number of esters is 1. The molecule has 2 amide bonds. The SMILES string of the molecule is COC(=O)C(C)(CCCN1C(=O)C2CC2C1=O)NC1CC1. The van der Waals surface area contributed by atoms with Crippen molar-refractivity contribution >= 4 is 17.8 Å². The summed E-state index contributed by atoms with van der Waals surface area (Å²) in [5, 5.41) is 3.32. The molecule has 3 rings (SSSR count). The van der Waals surface area contributed by atoms with Crippen molar-refractivity contribution in [2.75, 3.05) is 13.7 Å². The first kappa shape index (κ1) is 14.5. The number of piperidine rings is 1. The maximum Gasteiger partial charge on any atom is 0.325 e. The van der Waals surface area contributed by atoms with E-state index in [4.69, 9.17) is 4.74 Å². The largest absolute Gasteiger partial charge is 0.468 e. The zero-order valence-corrected chi connectivity index (χ0v) is 12.6. The Labute approximate surface area is 124 Å². The van der Waals surface area contributed by atoms with Crippen LogP contribution in [0.5, 0.6) is 0 Å². The van der Waals surface area contributed by atoms with Crippen LogP contribution in [0.15, 0.2) is 0 Å². The lowest BCUT2D eigenvalue weighted by atomic mass is 9.95. The molecule has 0 bridgehead atoms. The van der Waals surface area contributed by atoms with E-state index in [1.54, 1.807) is 0 Å². The lowest BCUT2D eigenvalue weighted by Crippen LogP contribution is -2.51. The zero-order chi connectivity index (χ0) is 15.2. The number of likely N-dealkylation sites (tertiary alicyclic amines) is 1. The van der Waals surface area contributed by atoms with Crippen molar-refractivity contribution in [2.24, 2.45) is 11.8 Å². The number of hydrogen-bond donors (Lipinski definition) is 1. The zero-order valence-electron chi connectivity index (χ0n) is 12.6. The van der Waals surface area contributed by atoms with Gasteiger partial charge >= 0.3 is 5.97 Å². The van der Waals surface area contributed by atoms with Crippen LogP contribution in [0, 0.1) is 11.8 Å². The van der Waals surface area contributed by atoms with Gasteiger partial charge in [0.15, 0.2) is 0 Å². The number of methoxy groups -OCH3 is 1. The van der Waals surface area contributed by atoms with Crippen LogP contribution < -0.4 is 5.32 Å². The Hall–Kier alpha value is -1.43. The molecule has 1 heterocycles. The summed E-state index contributed by atoms with van der Waals surface area (Å²) in [5.41, 5.74) is -0.731. The number of ether oxygens (including phenoxy) is 1. The summed E-state index contributed by atoms with van der Waals surface area (Å²) in [5.74, 6) is -0.431. The monoisotopic (exact) mass is 294 g/mol. The van der Waals surface area contributed by atoms with Crippen molar-refractivity contribution in [3.8, 4) is 0 Å². The van der Waals surface area contributed by atoms with Crippen molar-refractivity contribution in [1.29, 1.82) is 0 Å². The first-order valence-electron chi connectivity index (χ1n) is 7.67. The van der Waals surface area contributed by atoms with Crippen molar-refractivity contribution in [3.05, 3.63) is 0 Å². The summed E-state index contributed by atoms with van der Waals surface area (Å²) in [6, 6.07) is 0.386. The van der Waals surface area contributed by atoms with Crippen LogP contribution in [0.4, 0.5) is 0 Å². The highest BCUT2D eigenvalue weighted by molar-refractivity contribution is 6.08. The second-order valence-electron chi connectivity index (χ2n) is 6.62. The number of rotatable bonds is 7. The maximum absolute atomic E-state index is 12.0. The predicted molar refractivity (Wildman–Crippen MR) is 74.1 cm³/mol. The molecule has 3 fully saturated rings. The highest BCUT2D eigenvalue weighted by Crippen LogP contribution is 2.47. The van der Waals surface area contributed by atoms with E-state index in [2.05, 4.69) is 5.32 Å². The van der Waals surface area contributed by atoms with Crippen LogP contribution >= 0.6 is 0 Å². The van der Waals surface area contributed by atoms with E-state index < -0.39 is 5.54 Å². The molecule has 0 spiro atoms. The van der Waals surface area contributed by atoms with E-state index in [0.717, 1.165) is 19.3 Å². The number of imide groups is 1. The Kier molecular flexibility index (Phi) is 3.51. The molecular formula is C15H22N2O4. The Morgan fingerprint density at radius 2 is 1.95 bits per heavy atom. The van der Waals surface area contributed by atoms with E-state index >= 15 is 0 Å². The normalized spacial score (nSPS) is 30.1. The van der Waals surface area contributed by atoms with Crippen molar-refractivity contribution in [1.82, 2.24) is 10.2 Å². The molecule has 6 nitrogen and oxygen atoms in total. The van der Waals surface area contributed by atoms with Gasteiger partial charge in [-0.2, -0.15) is 0 Å². The van der Waals surface area contributed by atoms with Gasteiger partial charge in [-0.15, -0.1) is 0 Å². The van der Waals surface area contributed by atoms with E-state index in [0.29, 0.717) is 25.4 Å². The first-order valence-corrected chi connectivity index (χ1v) is 7.67. The van der Waals surface area contributed by atoms with Crippen LogP contribution in [0.3, 0.4) is 0 Å². The summed E-state index contributed by atoms with van der Waals surface area (Å²) in [6.07, 6.45) is 4.07. The lowest BCUT2D eigenvalue weighted by Gasteiger charge is -2.29. The van der Waals surface area contributed by atoms with Gasteiger partial charge in [-0.05, 0) is 39.0 Å². The fourth-order valence-corrected chi connectivity index (χ4v) is 3.20. The van der Waals surface area contributed by atoms with Gasteiger partial charge in [0.1, 0.15) is 5.54 Å². The van der Waals surface area contributed by atoms with Gasteiger partial charge in [0.25, 0.3) is 0 Å². The third-order valence-electron chi connectivity index (χ3n) is 4.75. The molecule has 0 radical (unpaired) electrons. The minimum Gasteiger partial charge on any atom is -0.468 e. The molecule has 0 aromatic carbocycles. The molecule has 3 aliphatic rings. The van der Waals surface area contributed by atoms with Crippen molar-refractivity contribution < 1.29 is 19.1 Å². The fraction of sp³-hybridized carbons (Fsp3) is 0.800. The van der Waals surface area contributed by atoms with E-state index in [-0.39, 0.29) is 29.6 Å². The topological polar surface area (TPSA) is 75.7 Å². The van der Waals surface area contributed by atoms with Gasteiger partial charge in [0, 0.05) is 12.6 Å². The number of hydrogen-bond acceptors (Lipinski definition) is 5. The number of amides is 2. The smallest absolute Gasteiger partial charge is 0.325 e. The van der Waals surface area contributed by atoms with E-state index in [1.165, 1.54) is 12.0 Å². The molecule has 0 aromatic rings. The van der Waals surface area contributed by atoms with Gasteiger partial charge in [-0.1, -0.05) is 0 Å². The minimum absolute atomic E-state index is 0.0278. The third kappa shape index (κ3) is 2.69. The van der Waals surface area contributed by atoms with Crippen LogP contribution in [0.25, 0.3) is 0 Å². The van der Waals surface area contributed by atoms with Crippen LogP contribution in [-0.4, -0.2) is 47.9 Å². The van der Waals surface area contributed by atoms with E-state index in [9.17, 15) is 14.4 Å². The van der Waals surface area contributed by atoms with Gasteiger partial charge in [0.2, 0.25) is 11.8 Å². The third-order valence-corrected chi connectivity index (χ3v) is 4.75. The number of nitrogens with one attached hydrogen (secondary N) is 1. The lowest BCUT2D eigenvalue weighted by molar-refractivity contribution is -0.148. The highest BCUT2D eigenvalue weighted by Gasteiger charge is 2.58. The van der Waals surface area contributed by atoms with E-state index in [1.807, 2.05) is 6.92 Å². The molecule has 1 aliphatic heterocycles. The summed E-state index contributed by atoms with van der Waals surface area (Å²) in [7, 11) is 1.39. The molecule has 0 aromatic heterocycles. The van der Waals surface area contributed by atoms with Crippen molar-refractivity contribution in [2.45, 2.75) is 50.6 Å². The van der Waals surface area contributed by atoms with Crippen LogP contribution in [0.2, 0.25) is 0 Å². The van der Waals surface area contributed by atoms with Crippen LogP contribution in [0.1, 0.15) is 39.0 Å². The second kappa shape index (κ2) is 5.09. The average molecular weight is 294 g/mol. The standard InChI is InChI=1S/C15H22N2O4/c1-15(14(20)21-2,16-9-4-5-9)6-3-7-17-12(18)10-8-11(10)13(17)19/h9-11,16H,3-8H2,1-2H3. The maximum atomic E-state index is 12.0. The average Bonchev–Trinajstić information content (AvgIpc) is 3.33. The highest BCUT2D eigenvalue weighted by atomic mass is 16.5. The summed E-state index contributed by atoms with van der Waals surface area (Å²) < 4.78 is 4.88. The molecule has 2 aliphatic carbocycles. The number of nitrogens with zero attached hydrogens (tertiary/aromatic N) is 1. The van der Waals surface area contributed by atoms with Gasteiger partial charge in [-0.25, -0.2) is 0 Å². The first-order chi connectivity index (χ1) is 9.96. The number of fused-ring (bicyclic) bond motifs is 1. The van der Waals surface area contributed by atoms with Crippen molar-refractivity contribution in [3.63, 3.8) is 0 Å². The second-order valence-corrected chi connectivity index (χ2v) is 6.62. The quantitative estimate of drug-likeness (QED) is 0.545. The number of carbonyl (C=O) groups excluding carboxylic acids is 3. The molecule has 6 heteroatoms. The summed E-state index contributed by atoms with van der Waals surface area (Å²) >= 11 is 0. The molecule has 3 atom stereocenters. The Bertz CT molecular complexity index is 468. The fourth-order valence-electron chi connectivity index (χ4n) is 3.20. The molecule has 2 saturated carbocycles. The molecule has 1 saturated heterocycles. The molecule has 1 N–H and O–H groups in total. The predicted octanol–water partition coefficient (Wildman–Crippen LogP) is 0.455. The molecule has 3 unspecified atom stereocenters. The summed E-state index contributed by atoms with van der Waals surface area (Å²) in [6.45, 7) is 2.24. The number of carbonyl (C=O) groups is 3. The van der Waals surface area contributed by atoms with Gasteiger partial charge in [0.05, 0.1) is 18.9 Å². The Balaban J connectivity index is 1.53. The summed E-state index contributed by atoms with van der Waals surface area (Å²) in [4.78, 5) is 37.1. The minimum atomic E-state index is -0.731. The molecular weight excluding hydrogens is 272 g/mol.